The Morgan fingerprint density at radius 2 is 1.95 bits per heavy atom. The lowest BCUT2D eigenvalue weighted by Gasteiger charge is -2.38. The number of carboxylic acids is 1. The summed E-state index contributed by atoms with van der Waals surface area (Å²) >= 11 is 0. The molecule has 0 amide bonds. The second-order valence-electron chi connectivity index (χ2n) is 5.40. The number of sulfonamides is 1. The predicted octanol–water partition coefficient (Wildman–Crippen LogP) is 1.55. The zero-order chi connectivity index (χ0) is 14.4. The minimum absolute atomic E-state index is 0.0537. The van der Waals surface area contributed by atoms with Crippen molar-refractivity contribution in [3.63, 3.8) is 0 Å². The average Bonchev–Trinajstić information content (AvgIpc) is 2.51. The molecule has 106 valence electrons. The zero-order valence-electron chi connectivity index (χ0n) is 11.2. The molecule has 0 aromatic carbocycles. The van der Waals surface area contributed by atoms with Crippen LogP contribution >= 0.6 is 0 Å². The lowest BCUT2D eigenvalue weighted by atomic mass is 9.80. The third kappa shape index (κ3) is 2.40. The first-order valence-corrected chi connectivity index (χ1v) is 7.61. The van der Waals surface area contributed by atoms with E-state index in [0.29, 0.717) is 5.69 Å². The van der Waals surface area contributed by atoms with E-state index in [1.54, 1.807) is 6.92 Å². The molecule has 6 nitrogen and oxygen atoms in total. The van der Waals surface area contributed by atoms with E-state index in [4.69, 9.17) is 5.11 Å². The first-order valence-electron chi connectivity index (χ1n) is 6.13. The Morgan fingerprint density at radius 3 is 2.32 bits per heavy atom. The molecule has 2 rings (SSSR count). The molecule has 0 aliphatic heterocycles. The maximum Gasteiger partial charge on any atom is 0.352 e. The molecule has 0 bridgehead atoms. The van der Waals surface area contributed by atoms with Crippen LogP contribution < -0.4 is 4.72 Å². The number of aryl methyl sites for hydroxylation is 1. The molecule has 0 saturated heterocycles. The van der Waals surface area contributed by atoms with Crippen LogP contribution in [0, 0.1) is 13.8 Å². The van der Waals surface area contributed by atoms with Crippen LogP contribution in [0.1, 0.15) is 47.9 Å². The lowest BCUT2D eigenvalue weighted by Crippen LogP contribution is -2.50. The number of H-pyrrole nitrogens is 1. The van der Waals surface area contributed by atoms with E-state index in [0.717, 1.165) is 19.3 Å². The normalized spacial score (nSPS) is 18.1. The molecule has 1 fully saturated rings. The highest BCUT2D eigenvalue weighted by molar-refractivity contribution is 7.89. The van der Waals surface area contributed by atoms with Crippen molar-refractivity contribution >= 4 is 16.0 Å². The smallest absolute Gasteiger partial charge is 0.352 e. The standard InChI is InChI=1S/C12H18N2O4S/c1-7-9(11(15)16)13-8(2)10(7)19(17,18)14-12(3)5-4-6-12/h13-14H,4-6H2,1-3H3,(H,15,16). The van der Waals surface area contributed by atoms with Crippen LogP contribution in [0.3, 0.4) is 0 Å². The van der Waals surface area contributed by atoms with Gasteiger partial charge in [-0.1, -0.05) is 0 Å². The van der Waals surface area contributed by atoms with Gasteiger partial charge in [0.05, 0.1) is 0 Å². The molecule has 19 heavy (non-hydrogen) atoms. The maximum atomic E-state index is 12.4. The van der Waals surface area contributed by atoms with Crippen LogP contribution in [0.2, 0.25) is 0 Å². The van der Waals surface area contributed by atoms with Crippen molar-refractivity contribution in [2.45, 2.75) is 50.5 Å². The van der Waals surface area contributed by atoms with E-state index in [-0.39, 0.29) is 16.2 Å². The first-order chi connectivity index (χ1) is 8.66. The highest BCUT2D eigenvalue weighted by atomic mass is 32.2. The summed E-state index contributed by atoms with van der Waals surface area (Å²) in [7, 11) is -3.70. The first kappa shape index (κ1) is 14.1. The monoisotopic (exact) mass is 286 g/mol. The van der Waals surface area contributed by atoms with Gasteiger partial charge in [0.15, 0.2) is 0 Å². The van der Waals surface area contributed by atoms with E-state index < -0.39 is 21.5 Å². The summed E-state index contributed by atoms with van der Waals surface area (Å²) < 4.78 is 27.5. The summed E-state index contributed by atoms with van der Waals surface area (Å²) in [5, 5.41) is 9.01. The Hall–Kier alpha value is -1.34. The number of aromatic nitrogens is 1. The minimum atomic E-state index is -3.70. The van der Waals surface area contributed by atoms with Gasteiger partial charge in [0.2, 0.25) is 10.0 Å². The summed E-state index contributed by atoms with van der Waals surface area (Å²) in [4.78, 5) is 13.7. The molecule has 0 radical (unpaired) electrons. The van der Waals surface area contributed by atoms with Gasteiger partial charge in [-0.15, -0.1) is 0 Å². The molecule has 1 aliphatic carbocycles. The van der Waals surface area contributed by atoms with Crippen molar-refractivity contribution in [2.75, 3.05) is 0 Å². The predicted molar refractivity (Wildman–Crippen MR) is 69.8 cm³/mol. The fourth-order valence-corrected chi connectivity index (χ4v) is 4.45. The number of aromatic amines is 1. The van der Waals surface area contributed by atoms with Gasteiger partial charge in [-0.3, -0.25) is 0 Å². The molecule has 1 aromatic rings. The summed E-state index contributed by atoms with van der Waals surface area (Å²) in [5.41, 5.74) is 0.126. The molecule has 1 heterocycles. The van der Waals surface area contributed by atoms with Gasteiger partial charge >= 0.3 is 5.97 Å². The van der Waals surface area contributed by atoms with E-state index in [1.807, 2.05) is 6.92 Å². The number of rotatable bonds is 4. The van der Waals surface area contributed by atoms with E-state index >= 15 is 0 Å². The van der Waals surface area contributed by atoms with Crippen molar-refractivity contribution in [3.05, 3.63) is 17.0 Å². The lowest BCUT2D eigenvalue weighted by molar-refractivity contribution is 0.0690. The number of carbonyl (C=O) groups is 1. The van der Waals surface area contributed by atoms with Crippen LogP contribution in [0.15, 0.2) is 4.90 Å². The molecule has 0 unspecified atom stereocenters. The molecular formula is C12H18N2O4S. The number of nitrogens with one attached hydrogen (secondary N) is 2. The van der Waals surface area contributed by atoms with Crippen molar-refractivity contribution in [1.82, 2.24) is 9.71 Å². The largest absolute Gasteiger partial charge is 0.477 e. The Kier molecular flexibility index (Phi) is 3.22. The number of hydrogen-bond acceptors (Lipinski definition) is 3. The van der Waals surface area contributed by atoms with Crippen molar-refractivity contribution < 1.29 is 18.3 Å². The van der Waals surface area contributed by atoms with E-state index in [2.05, 4.69) is 9.71 Å². The second-order valence-corrected chi connectivity index (χ2v) is 7.02. The molecule has 1 saturated carbocycles. The van der Waals surface area contributed by atoms with Crippen LogP contribution in [-0.4, -0.2) is 30.0 Å². The molecule has 1 aliphatic rings. The SMILES string of the molecule is Cc1[nH]c(C(=O)O)c(C)c1S(=O)(=O)NC1(C)CCC1. The third-order valence-corrected chi connectivity index (χ3v) is 5.60. The molecule has 0 spiro atoms. The van der Waals surface area contributed by atoms with Gasteiger partial charge in [0, 0.05) is 16.8 Å². The van der Waals surface area contributed by atoms with Crippen molar-refractivity contribution in [2.24, 2.45) is 0 Å². The van der Waals surface area contributed by atoms with Gasteiger partial charge in [-0.2, -0.15) is 0 Å². The molecule has 7 heteroatoms. The van der Waals surface area contributed by atoms with Crippen LogP contribution in [0.25, 0.3) is 0 Å². The third-order valence-electron chi connectivity index (χ3n) is 3.69. The van der Waals surface area contributed by atoms with Crippen LogP contribution in [0.5, 0.6) is 0 Å². The van der Waals surface area contributed by atoms with E-state index in [9.17, 15) is 13.2 Å². The topological polar surface area (TPSA) is 99.3 Å². The van der Waals surface area contributed by atoms with Gasteiger partial charge in [0.1, 0.15) is 10.6 Å². The van der Waals surface area contributed by atoms with Gasteiger partial charge in [-0.25, -0.2) is 17.9 Å². The van der Waals surface area contributed by atoms with Gasteiger partial charge in [-0.05, 0) is 40.0 Å². The maximum absolute atomic E-state index is 12.4. The Balaban J connectivity index is 2.43. The summed E-state index contributed by atoms with van der Waals surface area (Å²) in [6, 6.07) is 0. The molecule has 0 atom stereocenters. The second kappa shape index (κ2) is 4.35. The summed E-state index contributed by atoms with van der Waals surface area (Å²) in [6.07, 6.45) is 2.62. The van der Waals surface area contributed by atoms with E-state index in [1.165, 1.54) is 6.92 Å². The Morgan fingerprint density at radius 1 is 1.37 bits per heavy atom. The summed E-state index contributed by atoms with van der Waals surface area (Å²) in [6.45, 7) is 4.94. The van der Waals surface area contributed by atoms with Crippen molar-refractivity contribution in [1.29, 1.82) is 0 Å². The minimum Gasteiger partial charge on any atom is -0.477 e. The number of aromatic carboxylic acids is 1. The Bertz CT molecular complexity index is 626. The summed E-state index contributed by atoms with van der Waals surface area (Å²) in [5.74, 6) is -1.16. The van der Waals surface area contributed by atoms with Crippen LogP contribution in [-0.2, 0) is 10.0 Å². The average molecular weight is 286 g/mol. The Labute approximate surface area is 112 Å². The zero-order valence-corrected chi connectivity index (χ0v) is 12.0. The van der Waals surface area contributed by atoms with Gasteiger partial charge in [0.25, 0.3) is 0 Å². The molecular weight excluding hydrogens is 268 g/mol. The van der Waals surface area contributed by atoms with Gasteiger partial charge < -0.3 is 10.1 Å². The molecule has 1 aromatic heterocycles. The molecule has 3 N–H and O–H groups in total. The fourth-order valence-electron chi connectivity index (χ4n) is 2.53. The van der Waals surface area contributed by atoms with Crippen LogP contribution in [0.4, 0.5) is 0 Å². The fraction of sp³-hybridized carbons (Fsp3) is 0.583. The number of carboxylic acid groups (broad SMARTS) is 1. The number of hydrogen-bond donors (Lipinski definition) is 3. The van der Waals surface area contributed by atoms with Crippen molar-refractivity contribution in [3.8, 4) is 0 Å². The quantitative estimate of drug-likeness (QED) is 0.782. The highest BCUT2D eigenvalue weighted by Crippen LogP contribution is 2.34. The highest BCUT2D eigenvalue weighted by Gasteiger charge is 2.38.